The Bertz CT molecular complexity index is 1200. The number of imide groups is 1. The van der Waals surface area contributed by atoms with Gasteiger partial charge in [0.15, 0.2) is 0 Å². The van der Waals surface area contributed by atoms with E-state index in [0.717, 1.165) is 31.8 Å². The number of aromatic amines is 1. The van der Waals surface area contributed by atoms with Crippen LogP contribution in [0, 0.1) is 12.8 Å². The zero-order chi connectivity index (χ0) is 20.3. The molecule has 1 fully saturated rings. The molecule has 1 aromatic heterocycles. The average molecular weight is 487 g/mol. The van der Waals surface area contributed by atoms with Crippen LogP contribution in [0.15, 0.2) is 62.8 Å². The summed E-state index contributed by atoms with van der Waals surface area (Å²) in [5, 5.41) is 0.128. The first-order chi connectivity index (χ1) is 13.9. The Morgan fingerprint density at radius 1 is 1.03 bits per heavy atom. The minimum atomic E-state index is -0.564. The number of carbonyl (C=O) groups excluding carboxylic acids is 2. The van der Waals surface area contributed by atoms with Gasteiger partial charge in [0.2, 0.25) is 11.8 Å². The van der Waals surface area contributed by atoms with Gasteiger partial charge in [0.1, 0.15) is 5.25 Å². The second-order valence-corrected chi connectivity index (χ2v) is 10.2. The number of anilines is 1. The predicted molar refractivity (Wildman–Crippen MR) is 118 cm³/mol. The second kappa shape index (κ2) is 6.97. The third kappa shape index (κ3) is 3.01. The number of fused-ring (bicyclic) bond motifs is 2. The van der Waals surface area contributed by atoms with E-state index in [1.54, 1.807) is 12.1 Å². The molecule has 3 aromatic rings. The van der Waals surface area contributed by atoms with Crippen molar-refractivity contribution in [1.29, 1.82) is 0 Å². The van der Waals surface area contributed by atoms with Crippen molar-refractivity contribution in [3.63, 3.8) is 0 Å². The van der Waals surface area contributed by atoms with E-state index in [9.17, 15) is 14.4 Å². The number of nitrogens with one attached hydrogen (secondary N) is 1. The molecule has 0 saturated carbocycles. The van der Waals surface area contributed by atoms with Crippen LogP contribution < -0.4 is 9.77 Å². The second-order valence-electron chi connectivity index (χ2n) is 7.15. The highest BCUT2D eigenvalue weighted by molar-refractivity contribution is 9.10. The Morgan fingerprint density at radius 3 is 2.52 bits per heavy atom. The van der Waals surface area contributed by atoms with Crippen molar-refractivity contribution in [3.05, 3.63) is 78.7 Å². The molecule has 29 heavy (non-hydrogen) atoms. The summed E-state index contributed by atoms with van der Waals surface area (Å²) in [5.41, 5.74) is 2.56. The first-order valence-corrected chi connectivity index (χ1v) is 11.5. The fraction of sp³-hybridized carbons (Fsp3) is 0.190. The summed E-state index contributed by atoms with van der Waals surface area (Å²) in [7, 11) is 0. The molecule has 2 aliphatic rings. The van der Waals surface area contributed by atoms with Crippen LogP contribution >= 0.6 is 39.0 Å². The number of halogens is 1. The highest BCUT2D eigenvalue weighted by Crippen LogP contribution is 2.53. The summed E-state index contributed by atoms with van der Waals surface area (Å²) in [4.78, 5) is 43.7. The number of hydrogen-bond acceptors (Lipinski definition) is 5. The van der Waals surface area contributed by atoms with Crippen molar-refractivity contribution in [2.24, 2.45) is 5.92 Å². The first kappa shape index (κ1) is 18.8. The lowest BCUT2D eigenvalue weighted by molar-refractivity contribution is -0.122. The molecule has 0 spiro atoms. The van der Waals surface area contributed by atoms with Crippen LogP contribution in [-0.2, 0) is 9.59 Å². The van der Waals surface area contributed by atoms with Gasteiger partial charge >= 0.3 is 4.87 Å². The summed E-state index contributed by atoms with van der Waals surface area (Å²) in [6, 6.07) is 15.1. The largest absolute Gasteiger partial charge is 0.307 e. The molecule has 0 radical (unpaired) electrons. The number of benzene rings is 2. The van der Waals surface area contributed by atoms with Gasteiger partial charge in [-0.25, -0.2) is 4.90 Å². The number of thioether (sulfide) groups is 1. The van der Waals surface area contributed by atoms with Crippen LogP contribution in [0.4, 0.5) is 5.69 Å². The lowest BCUT2D eigenvalue weighted by atomic mass is 9.83. The number of aryl methyl sites for hydroxylation is 1. The number of carbonyl (C=O) groups is 2. The maximum Gasteiger partial charge on any atom is 0.305 e. The van der Waals surface area contributed by atoms with E-state index in [1.165, 1.54) is 16.7 Å². The van der Waals surface area contributed by atoms with Crippen molar-refractivity contribution in [3.8, 4) is 0 Å². The van der Waals surface area contributed by atoms with Crippen molar-refractivity contribution in [1.82, 2.24) is 4.98 Å². The monoisotopic (exact) mass is 486 g/mol. The van der Waals surface area contributed by atoms with Gasteiger partial charge < -0.3 is 4.98 Å². The summed E-state index contributed by atoms with van der Waals surface area (Å²) < 4.78 is 0.890. The van der Waals surface area contributed by atoms with Crippen molar-refractivity contribution in [2.75, 3.05) is 4.90 Å². The van der Waals surface area contributed by atoms with Crippen LogP contribution in [0.1, 0.15) is 21.9 Å². The molecule has 1 N–H and O–H groups in total. The van der Waals surface area contributed by atoms with Gasteiger partial charge in [-0.2, -0.15) is 0 Å². The number of H-pyrrole nitrogens is 1. The fourth-order valence-corrected chi connectivity index (χ4v) is 6.96. The predicted octanol–water partition coefficient (Wildman–Crippen LogP) is 4.30. The van der Waals surface area contributed by atoms with E-state index < -0.39 is 11.2 Å². The molecule has 3 atom stereocenters. The molecule has 5 nitrogen and oxygen atoms in total. The third-order valence-electron chi connectivity index (χ3n) is 5.32. The zero-order valence-electron chi connectivity index (χ0n) is 15.2. The lowest BCUT2D eigenvalue weighted by Gasteiger charge is -2.29. The van der Waals surface area contributed by atoms with E-state index in [0.29, 0.717) is 10.7 Å². The van der Waals surface area contributed by atoms with Crippen molar-refractivity contribution < 1.29 is 9.59 Å². The van der Waals surface area contributed by atoms with Gasteiger partial charge in [-0.3, -0.25) is 14.4 Å². The maximum atomic E-state index is 13.5. The Hall–Kier alpha value is -2.16. The lowest BCUT2D eigenvalue weighted by Crippen LogP contribution is -2.32. The highest BCUT2D eigenvalue weighted by atomic mass is 79.9. The van der Waals surface area contributed by atoms with Crippen molar-refractivity contribution in [2.45, 2.75) is 23.1 Å². The van der Waals surface area contributed by atoms with Crippen LogP contribution in [0.5, 0.6) is 0 Å². The van der Waals surface area contributed by atoms with E-state index >= 15 is 0 Å². The topological polar surface area (TPSA) is 70.2 Å². The Kier molecular flexibility index (Phi) is 4.53. The summed E-state index contributed by atoms with van der Waals surface area (Å²) in [5.74, 6) is -1.34. The van der Waals surface area contributed by atoms with Gasteiger partial charge in [-0.15, -0.1) is 0 Å². The van der Waals surface area contributed by atoms with Gasteiger partial charge in [0, 0.05) is 15.3 Å². The SMILES string of the molecule is Cc1ccc(N2C(=O)[C@H]3[C@H](c4cccc(Br)c4)c4sc(=O)[nH]c4S[C@H]3C2=O)cc1. The smallest absolute Gasteiger partial charge is 0.305 e. The molecule has 8 heteroatoms. The maximum absolute atomic E-state index is 13.5. The summed E-state index contributed by atoms with van der Waals surface area (Å²) in [6.45, 7) is 1.96. The van der Waals surface area contributed by atoms with E-state index in [2.05, 4.69) is 20.9 Å². The van der Waals surface area contributed by atoms with Crippen LogP contribution in [-0.4, -0.2) is 22.0 Å². The number of aromatic nitrogens is 1. The van der Waals surface area contributed by atoms with Gasteiger partial charge in [0.25, 0.3) is 0 Å². The van der Waals surface area contributed by atoms with Crippen molar-refractivity contribution >= 4 is 56.5 Å². The Balaban J connectivity index is 1.66. The quantitative estimate of drug-likeness (QED) is 0.548. The fourth-order valence-electron chi connectivity index (χ4n) is 4.02. The minimum Gasteiger partial charge on any atom is -0.307 e. The molecular weight excluding hydrogens is 472 g/mol. The van der Waals surface area contributed by atoms with Crippen LogP contribution in [0.3, 0.4) is 0 Å². The van der Waals surface area contributed by atoms with E-state index in [-0.39, 0.29) is 22.6 Å². The normalized spacial score (nSPS) is 23.2. The molecule has 2 aromatic carbocycles. The van der Waals surface area contributed by atoms with Gasteiger partial charge in [-0.1, -0.05) is 68.9 Å². The van der Waals surface area contributed by atoms with Gasteiger partial charge in [-0.05, 0) is 36.8 Å². The van der Waals surface area contributed by atoms with E-state index in [4.69, 9.17) is 0 Å². The molecule has 0 unspecified atom stereocenters. The van der Waals surface area contributed by atoms with E-state index in [1.807, 2.05) is 43.3 Å². The molecule has 3 heterocycles. The minimum absolute atomic E-state index is 0.169. The Morgan fingerprint density at radius 2 is 1.79 bits per heavy atom. The third-order valence-corrected chi connectivity index (χ3v) is 8.22. The molecular formula is C21H15BrN2O3S2. The number of rotatable bonds is 2. The molecule has 0 bridgehead atoms. The molecule has 0 aliphatic carbocycles. The summed E-state index contributed by atoms with van der Waals surface area (Å²) in [6.07, 6.45) is 0. The van der Waals surface area contributed by atoms with Crippen LogP contribution in [0.25, 0.3) is 0 Å². The first-order valence-electron chi connectivity index (χ1n) is 9.03. The molecule has 5 rings (SSSR count). The number of hydrogen-bond donors (Lipinski definition) is 1. The molecule has 146 valence electrons. The highest BCUT2D eigenvalue weighted by Gasteiger charge is 2.56. The Labute approximate surface area is 183 Å². The average Bonchev–Trinajstić information content (AvgIpc) is 3.18. The summed E-state index contributed by atoms with van der Waals surface area (Å²) >= 11 is 5.91. The number of thiazole rings is 1. The molecule has 2 amide bonds. The van der Waals surface area contributed by atoms with Crippen LogP contribution in [0.2, 0.25) is 0 Å². The standard InChI is InChI=1S/C21H15BrN2O3S2/c1-10-5-7-13(8-6-10)24-19(25)15-14(11-3-2-4-12(22)9-11)16-18(23-21(27)29-16)28-17(15)20(24)26/h2-9,14-15,17H,1H3,(H,23,27)/t14-,15-,17+/m0/s1. The molecule has 1 saturated heterocycles. The zero-order valence-corrected chi connectivity index (χ0v) is 18.4. The van der Waals surface area contributed by atoms with Gasteiger partial charge in [0.05, 0.1) is 16.6 Å². The molecule has 2 aliphatic heterocycles. The number of nitrogens with zero attached hydrogens (tertiary/aromatic N) is 1. The number of amides is 2.